The summed E-state index contributed by atoms with van der Waals surface area (Å²) in [5, 5.41) is 3.61. The van der Waals surface area contributed by atoms with E-state index in [1.807, 2.05) is 14.1 Å². The van der Waals surface area contributed by atoms with Crippen LogP contribution in [0.5, 0.6) is 0 Å². The summed E-state index contributed by atoms with van der Waals surface area (Å²) in [6.07, 6.45) is 4.44. The van der Waals surface area contributed by atoms with E-state index in [4.69, 9.17) is 0 Å². The largest absolute Gasteiger partial charge is 0.349 e. The third kappa shape index (κ3) is 3.48. The molecule has 3 heteroatoms. The van der Waals surface area contributed by atoms with Crippen molar-refractivity contribution in [2.75, 3.05) is 14.1 Å². The van der Waals surface area contributed by atoms with Gasteiger partial charge in [0.15, 0.2) is 0 Å². The Labute approximate surface area is 99.6 Å². The molecule has 2 atom stereocenters. The number of carbonyl (C=O) groups is 1. The first-order chi connectivity index (χ1) is 7.33. The second-order valence-electron chi connectivity index (χ2n) is 5.99. The van der Waals surface area contributed by atoms with Crippen molar-refractivity contribution in [2.24, 2.45) is 5.41 Å². The highest BCUT2D eigenvalue weighted by molar-refractivity contribution is 5.76. The lowest BCUT2D eigenvalue weighted by Gasteiger charge is -2.31. The van der Waals surface area contributed by atoms with Gasteiger partial charge in [0, 0.05) is 32.6 Å². The van der Waals surface area contributed by atoms with Crippen molar-refractivity contribution in [3.05, 3.63) is 0 Å². The molecule has 0 bridgehead atoms. The minimum atomic E-state index is 0.204. The zero-order chi connectivity index (χ0) is 12.3. The van der Waals surface area contributed by atoms with E-state index in [0.29, 0.717) is 17.9 Å². The van der Waals surface area contributed by atoms with Gasteiger partial charge in [-0.25, -0.2) is 0 Å². The van der Waals surface area contributed by atoms with Gasteiger partial charge in [0.25, 0.3) is 0 Å². The fourth-order valence-corrected chi connectivity index (χ4v) is 2.48. The summed E-state index contributed by atoms with van der Waals surface area (Å²) in [7, 11) is 3.63. The molecule has 0 aromatic rings. The number of amides is 1. The van der Waals surface area contributed by atoms with Crippen LogP contribution in [0.3, 0.4) is 0 Å². The number of hydrogen-bond acceptors (Lipinski definition) is 2. The summed E-state index contributed by atoms with van der Waals surface area (Å²) in [5.41, 5.74) is 0.384. The van der Waals surface area contributed by atoms with Crippen LogP contribution in [0.4, 0.5) is 0 Å². The molecule has 0 saturated heterocycles. The maximum Gasteiger partial charge on any atom is 0.223 e. The molecule has 1 fully saturated rings. The summed E-state index contributed by atoms with van der Waals surface area (Å²) in [6.45, 7) is 6.74. The zero-order valence-corrected chi connectivity index (χ0v) is 11.3. The van der Waals surface area contributed by atoms with E-state index in [1.54, 1.807) is 4.90 Å². The number of carbonyl (C=O) groups excluding carboxylic acids is 1. The van der Waals surface area contributed by atoms with Gasteiger partial charge in [-0.15, -0.1) is 0 Å². The van der Waals surface area contributed by atoms with Crippen molar-refractivity contribution >= 4 is 5.91 Å². The molecule has 1 N–H and O–H groups in total. The molecule has 3 nitrogen and oxygen atoms in total. The van der Waals surface area contributed by atoms with Crippen LogP contribution in [-0.4, -0.2) is 37.0 Å². The Hall–Kier alpha value is -0.570. The Morgan fingerprint density at radius 1 is 1.50 bits per heavy atom. The molecule has 0 aromatic heterocycles. The third-order valence-electron chi connectivity index (χ3n) is 3.72. The Morgan fingerprint density at radius 2 is 2.12 bits per heavy atom. The summed E-state index contributed by atoms with van der Waals surface area (Å²) >= 11 is 0. The van der Waals surface area contributed by atoms with E-state index < -0.39 is 0 Å². The highest BCUT2D eigenvalue weighted by Gasteiger charge is 2.34. The molecule has 2 unspecified atom stereocenters. The second kappa shape index (κ2) is 5.17. The van der Waals surface area contributed by atoms with Gasteiger partial charge in [0.05, 0.1) is 0 Å². The number of nitrogens with one attached hydrogen (secondary N) is 1. The third-order valence-corrected chi connectivity index (χ3v) is 3.72. The van der Waals surface area contributed by atoms with Crippen LogP contribution in [0.1, 0.15) is 46.5 Å². The lowest BCUT2D eigenvalue weighted by molar-refractivity contribution is -0.129. The Kier molecular flexibility index (Phi) is 4.36. The fraction of sp³-hybridized carbons (Fsp3) is 0.923. The number of nitrogens with zero attached hydrogens (tertiary/aromatic N) is 1. The first kappa shape index (κ1) is 13.5. The molecule has 1 aliphatic rings. The van der Waals surface area contributed by atoms with E-state index in [9.17, 15) is 4.79 Å². The Balaban J connectivity index is 2.40. The van der Waals surface area contributed by atoms with E-state index in [2.05, 4.69) is 26.1 Å². The van der Waals surface area contributed by atoms with Crippen LogP contribution in [0.15, 0.2) is 0 Å². The molecule has 1 aliphatic carbocycles. The SMILES string of the molecule is CC(CC(=O)N(C)C)NC1CCCC1(C)C. The monoisotopic (exact) mass is 226 g/mol. The first-order valence-electron chi connectivity index (χ1n) is 6.29. The van der Waals surface area contributed by atoms with E-state index in [1.165, 1.54) is 19.3 Å². The molecule has 0 aromatic carbocycles. The molecule has 0 spiro atoms. The van der Waals surface area contributed by atoms with Crippen LogP contribution in [0.2, 0.25) is 0 Å². The molecular weight excluding hydrogens is 200 g/mol. The lowest BCUT2D eigenvalue weighted by Crippen LogP contribution is -2.44. The normalized spacial score (nSPS) is 25.4. The summed E-state index contributed by atoms with van der Waals surface area (Å²) in [5.74, 6) is 0.204. The summed E-state index contributed by atoms with van der Waals surface area (Å²) in [6, 6.07) is 0.842. The van der Waals surface area contributed by atoms with Gasteiger partial charge >= 0.3 is 0 Å². The topological polar surface area (TPSA) is 32.3 Å². The van der Waals surface area contributed by atoms with Crippen molar-refractivity contribution in [1.82, 2.24) is 10.2 Å². The van der Waals surface area contributed by atoms with Crippen LogP contribution < -0.4 is 5.32 Å². The quantitative estimate of drug-likeness (QED) is 0.795. The minimum absolute atomic E-state index is 0.204. The molecule has 0 radical (unpaired) electrons. The second-order valence-corrected chi connectivity index (χ2v) is 5.99. The molecule has 94 valence electrons. The average Bonchev–Trinajstić information content (AvgIpc) is 2.45. The van der Waals surface area contributed by atoms with Crippen molar-refractivity contribution in [2.45, 2.75) is 58.5 Å². The van der Waals surface area contributed by atoms with Crippen molar-refractivity contribution in [1.29, 1.82) is 0 Å². The predicted octanol–water partition coefficient (Wildman–Crippen LogP) is 2.02. The highest BCUT2D eigenvalue weighted by atomic mass is 16.2. The van der Waals surface area contributed by atoms with Crippen LogP contribution in [0.25, 0.3) is 0 Å². The van der Waals surface area contributed by atoms with E-state index in [-0.39, 0.29) is 11.9 Å². The molecule has 0 heterocycles. The van der Waals surface area contributed by atoms with Gasteiger partial charge in [0.1, 0.15) is 0 Å². The average molecular weight is 226 g/mol. The van der Waals surface area contributed by atoms with Gasteiger partial charge < -0.3 is 10.2 Å². The molecule has 16 heavy (non-hydrogen) atoms. The fourth-order valence-electron chi connectivity index (χ4n) is 2.48. The molecule has 1 amide bonds. The van der Waals surface area contributed by atoms with E-state index >= 15 is 0 Å². The molecule has 1 saturated carbocycles. The van der Waals surface area contributed by atoms with Crippen LogP contribution in [0, 0.1) is 5.41 Å². The Morgan fingerprint density at radius 3 is 2.56 bits per heavy atom. The summed E-state index contributed by atoms with van der Waals surface area (Å²) < 4.78 is 0. The lowest BCUT2D eigenvalue weighted by atomic mass is 9.87. The minimum Gasteiger partial charge on any atom is -0.349 e. The van der Waals surface area contributed by atoms with Crippen molar-refractivity contribution in [3.63, 3.8) is 0 Å². The van der Waals surface area contributed by atoms with Gasteiger partial charge in [-0.1, -0.05) is 20.3 Å². The van der Waals surface area contributed by atoms with Gasteiger partial charge in [-0.05, 0) is 25.2 Å². The molecule has 1 rings (SSSR count). The van der Waals surface area contributed by atoms with Crippen molar-refractivity contribution in [3.8, 4) is 0 Å². The van der Waals surface area contributed by atoms with Crippen LogP contribution in [-0.2, 0) is 4.79 Å². The van der Waals surface area contributed by atoms with Crippen molar-refractivity contribution < 1.29 is 4.79 Å². The smallest absolute Gasteiger partial charge is 0.223 e. The predicted molar refractivity (Wildman–Crippen MR) is 67.3 cm³/mol. The van der Waals surface area contributed by atoms with E-state index in [0.717, 1.165) is 0 Å². The van der Waals surface area contributed by atoms with Gasteiger partial charge in [-0.2, -0.15) is 0 Å². The van der Waals surface area contributed by atoms with Gasteiger partial charge in [0.2, 0.25) is 5.91 Å². The maximum atomic E-state index is 11.6. The number of hydrogen-bond donors (Lipinski definition) is 1. The zero-order valence-electron chi connectivity index (χ0n) is 11.3. The van der Waals surface area contributed by atoms with Gasteiger partial charge in [-0.3, -0.25) is 4.79 Å². The number of rotatable bonds is 4. The maximum absolute atomic E-state index is 11.6. The standard InChI is InChI=1S/C13H26N2O/c1-10(9-12(16)15(4)5)14-11-7-6-8-13(11,2)3/h10-11,14H,6-9H2,1-5H3. The first-order valence-corrected chi connectivity index (χ1v) is 6.29. The Bertz CT molecular complexity index is 248. The van der Waals surface area contributed by atoms with Crippen LogP contribution >= 0.6 is 0 Å². The molecular formula is C13H26N2O. The highest BCUT2D eigenvalue weighted by Crippen LogP contribution is 2.37. The molecule has 0 aliphatic heterocycles. The summed E-state index contributed by atoms with van der Waals surface area (Å²) in [4.78, 5) is 13.2.